The molecule has 1 aromatic rings. The number of thioether (sulfide) groups is 1. The Bertz CT molecular complexity index is 386. The van der Waals surface area contributed by atoms with Gasteiger partial charge in [-0.25, -0.2) is 4.98 Å². The predicted molar refractivity (Wildman–Crippen MR) is 78.8 cm³/mol. The van der Waals surface area contributed by atoms with Gasteiger partial charge in [0, 0.05) is 46.9 Å². The molecule has 1 fully saturated rings. The second kappa shape index (κ2) is 6.07. The summed E-state index contributed by atoms with van der Waals surface area (Å²) in [6, 6.07) is 2.73. The maximum atomic E-state index is 4.60. The van der Waals surface area contributed by atoms with Crippen LogP contribution in [0.1, 0.15) is 12.5 Å². The molecule has 0 aliphatic carbocycles. The van der Waals surface area contributed by atoms with Gasteiger partial charge in [0.25, 0.3) is 0 Å². The lowest BCUT2D eigenvalue weighted by atomic mass is 10.2. The van der Waals surface area contributed by atoms with Crippen LogP contribution >= 0.6 is 27.7 Å². The van der Waals surface area contributed by atoms with Crippen molar-refractivity contribution in [1.82, 2.24) is 10.3 Å². The first kappa shape index (κ1) is 13.2. The summed E-state index contributed by atoms with van der Waals surface area (Å²) in [4.78, 5) is 7.03. The molecule has 2 heterocycles. The molecule has 1 aliphatic heterocycles. The van der Waals surface area contributed by atoms with Crippen molar-refractivity contribution in [2.45, 2.75) is 19.5 Å². The summed E-state index contributed by atoms with van der Waals surface area (Å²) >= 11 is 5.52. The van der Waals surface area contributed by atoms with Crippen molar-refractivity contribution in [3.63, 3.8) is 0 Å². The van der Waals surface area contributed by atoms with E-state index in [0.29, 0.717) is 6.04 Å². The molecule has 3 nitrogen and oxygen atoms in total. The lowest BCUT2D eigenvalue weighted by molar-refractivity contribution is 0.679. The first-order valence-corrected chi connectivity index (χ1v) is 7.80. The molecule has 0 aromatic carbocycles. The molecule has 1 unspecified atom stereocenters. The second-order valence-corrected chi connectivity index (χ2v) is 6.35. The molecule has 2 rings (SSSR count). The standard InChI is InChI=1S/C12H18BrN3S/c1-9-8-17-4-3-16(9)12-10(6-14-2)5-11(13)7-15-12/h5,7,9,14H,3-4,6,8H2,1-2H3. The summed E-state index contributed by atoms with van der Waals surface area (Å²) in [7, 11) is 1.97. The van der Waals surface area contributed by atoms with Crippen molar-refractivity contribution in [2.24, 2.45) is 0 Å². The van der Waals surface area contributed by atoms with Gasteiger partial charge in [0.2, 0.25) is 0 Å². The topological polar surface area (TPSA) is 28.2 Å². The van der Waals surface area contributed by atoms with Crippen LogP contribution in [0.5, 0.6) is 0 Å². The van der Waals surface area contributed by atoms with E-state index in [-0.39, 0.29) is 0 Å². The molecule has 1 N–H and O–H groups in total. The minimum Gasteiger partial charge on any atom is -0.352 e. The summed E-state index contributed by atoms with van der Waals surface area (Å²) in [6.45, 7) is 4.23. The smallest absolute Gasteiger partial charge is 0.133 e. The first-order valence-electron chi connectivity index (χ1n) is 5.85. The molecule has 1 atom stereocenters. The van der Waals surface area contributed by atoms with E-state index in [1.807, 2.05) is 25.0 Å². The van der Waals surface area contributed by atoms with Crippen LogP contribution in [0.15, 0.2) is 16.7 Å². The number of nitrogens with one attached hydrogen (secondary N) is 1. The van der Waals surface area contributed by atoms with Crippen molar-refractivity contribution < 1.29 is 0 Å². The van der Waals surface area contributed by atoms with Crippen LogP contribution in [-0.4, -0.2) is 36.1 Å². The molecule has 94 valence electrons. The van der Waals surface area contributed by atoms with Gasteiger partial charge in [0.05, 0.1) is 0 Å². The molecular weight excluding hydrogens is 298 g/mol. The van der Waals surface area contributed by atoms with Gasteiger partial charge in [-0.2, -0.15) is 11.8 Å². The fourth-order valence-electron chi connectivity index (χ4n) is 2.09. The Labute approximate surface area is 116 Å². The van der Waals surface area contributed by atoms with E-state index in [0.717, 1.165) is 23.4 Å². The second-order valence-electron chi connectivity index (χ2n) is 4.28. The highest BCUT2D eigenvalue weighted by Gasteiger charge is 2.22. The minimum atomic E-state index is 0.568. The van der Waals surface area contributed by atoms with Gasteiger partial charge in [-0.15, -0.1) is 0 Å². The van der Waals surface area contributed by atoms with Crippen molar-refractivity contribution in [2.75, 3.05) is 30.0 Å². The van der Waals surface area contributed by atoms with Gasteiger partial charge in [-0.1, -0.05) is 0 Å². The lowest BCUT2D eigenvalue weighted by Crippen LogP contribution is -2.41. The van der Waals surface area contributed by atoms with E-state index >= 15 is 0 Å². The van der Waals surface area contributed by atoms with E-state index in [9.17, 15) is 0 Å². The first-order chi connectivity index (χ1) is 8.22. The lowest BCUT2D eigenvalue weighted by Gasteiger charge is -2.35. The number of pyridine rings is 1. The van der Waals surface area contributed by atoms with E-state index in [1.165, 1.54) is 17.1 Å². The van der Waals surface area contributed by atoms with Gasteiger partial charge in [0.1, 0.15) is 5.82 Å². The molecular formula is C12H18BrN3S. The Morgan fingerprint density at radius 1 is 1.65 bits per heavy atom. The molecule has 5 heteroatoms. The monoisotopic (exact) mass is 315 g/mol. The Hall–Kier alpha value is -0.260. The number of hydrogen-bond donors (Lipinski definition) is 1. The summed E-state index contributed by atoms with van der Waals surface area (Å²) in [5.41, 5.74) is 1.26. The summed E-state index contributed by atoms with van der Waals surface area (Å²) in [6.07, 6.45) is 1.89. The molecule has 0 amide bonds. The van der Waals surface area contributed by atoms with Crippen LogP contribution in [0, 0.1) is 0 Å². The Kier molecular flexibility index (Phi) is 4.70. The van der Waals surface area contributed by atoms with E-state index in [4.69, 9.17) is 0 Å². The average Bonchev–Trinajstić information content (AvgIpc) is 2.31. The quantitative estimate of drug-likeness (QED) is 0.927. The summed E-state index contributed by atoms with van der Waals surface area (Å²) in [5, 5.41) is 3.21. The fraction of sp³-hybridized carbons (Fsp3) is 0.583. The Morgan fingerprint density at radius 3 is 3.18 bits per heavy atom. The van der Waals surface area contributed by atoms with Gasteiger partial charge in [-0.05, 0) is 36.0 Å². The van der Waals surface area contributed by atoms with Crippen LogP contribution in [0.3, 0.4) is 0 Å². The van der Waals surface area contributed by atoms with Crippen molar-refractivity contribution in [3.05, 3.63) is 22.3 Å². The van der Waals surface area contributed by atoms with Crippen LogP contribution in [0.4, 0.5) is 5.82 Å². The number of anilines is 1. The third-order valence-electron chi connectivity index (χ3n) is 2.92. The number of rotatable bonds is 3. The highest BCUT2D eigenvalue weighted by atomic mass is 79.9. The van der Waals surface area contributed by atoms with E-state index < -0.39 is 0 Å². The SMILES string of the molecule is CNCc1cc(Br)cnc1N1CCSCC1C. The number of halogens is 1. The van der Waals surface area contributed by atoms with Crippen LogP contribution < -0.4 is 10.2 Å². The van der Waals surface area contributed by atoms with Crippen molar-refractivity contribution in [3.8, 4) is 0 Å². The third kappa shape index (κ3) is 3.14. The summed E-state index contributed by atoms with van der Waals surface area (Å²) < 4.78 is 1.05. The minimum absolute atomic E-state index is 0.568. The largest absolute Gasteiger partial charge is 0.352 e. The molecule has 0 bridgehead atoms. The molecule has 0 spiro atoms. The zero-order chi connectivity index (χ0) is 12.3. The fourth-order valence-corrected chi connectivity index (χ4v) is 3.49. The maximum Gasteiger partial charge on any atom is 0.133 e. The van der Waals surface area contributed by atoms with Crippen molar-refractivity contribution in [1.29, 1.82) is 0 Å². The van der Waals surface area contributed by atoms with E-state index in [1.54, 1.807) is 0 Å². The van der Waals surface area contributed by atoms with E-state index in [2.05, 4.69) is 44.1 Å². The average molecular weight is 316 g/mol. The Balaban J connectivity index is 2.29. The highest BCUT2D eigenvalue weighted by molar-refractivity contribution is 9.10. The third-order valence-corrected chi connectivity index (χ3v) is 4.54. The van der Waals surface area contributed by atoms with Gasteiger partial charge in [-0.3, -0.25) is 0 Å². The summed E-state index contributed by atoms with van der Waals surface area (Å²) in [5.74, 6) is 3.52. The Morgan fingerprint density at radius 2 is 2.47 bits per heavy atom. The normalized spacial score (nSPS) is 20.6. The molecule has 1 aromatic heterocycles. The van der Waals surface area contributed by atoms with Crippen LogP contribution in [0.25, 0.3) is 0 Å². The predicted octanol–water partition coefficient (Wildman–Crippen LogP) is 2.51. The zero-order valence-corrected chi connectivity index (χ0v) is 12.6. The van der Waals surface area contributed by atoms with Gasteiger partial charge < -0.3 is 10.2 Å². The number of nitrogens with zero attached hydrogens (tertiary/aromatic N) is 2. The highest BCUT2D eigenvalue weighted by Crippen LogP contribution is 2.27. The van der Waals surface area contributed by atoms with Gasteiger partial charge in [0.15, 0.2) is 0 Å². The number of aromatic nitrogens is 1. The van der Waals surface area contributed by atoms with Crippen LogP contribution in [-0.2, 0) is 6.54 Å². The number of hydrogen-bond acceptors (Lipinski definition) is 4. The van der Waals surface area contributed by atoms with Crippen LogP contribution in [0.2, 0.25) is 0 Å². The molecule has 17 heavy (non-hydrogen) atoms. The molecule has 0 saturated carbocycles. The molecule has 1 saturated heterocycles. The zero-order valence-electron chi connectivity index (χ0n) is 10.2. The molecule has 1 aliphatic rings. The maximum absolute atomic E-state index is 4.60. The van der Waals surface area contributed by atoms with Gasteiger partial charge >= 0.3 is 0 Å². The van der Waals surface area contributed by atoms with Crippen molar-refractivity contribution >= 4 is 33.5 Å². The molecule has 0 radical (unpaired) electrons.